The molecule has 1 N–H and O–H groups in total. The van der Waals surface area contributed by atoms with E-state index in [9.17, 15) is 4.79 Å². The zero-order valence-corrected chi connectivity index (χ0v) is 12.1. The molecule has 0 aliphatic carbocycles. The maximum Gasteiger partial charge on any atom is 0.226 e. The normalized spacial score (nSPS) is 10.6. The third-order valence-electron chi connectivity index (χ3n) is 2.67. The molecule has 4 nitrogen and oxygen atoms in total. The van der Waals surface area contributed by atoms with E-state index in [1.165, 1.54) is 0 Å². The summed E-state index contributed by atoms with van der Waals surface area (Å²) in [6, 6.07) is 7.14. The second-order valence-corrected chi connectivity index (χ2v) is 4.90. The van der Waals surface area contributed by atoms with Gasteiger partial charge in [0.15, 0.2) is 0 Å². The van der Waals surface area contributed by atoms with Crippen molar-refractivity contribution in [3.8, 4) is 5.75 Å². The Kier molecular flexibility index (Phi) is 6.67. The number of hydrogen-bond acceptors (Lipinski definition) is 3. The van der Waals surface area contributed by atoms with Gasteiger partial charge in [0, 0.05) is 17.6 Å². The minimum atomic E-state index is -0.0287. The standard InChI is InChI=1S/C14H20ClNO3/c1-11(2)16(7-8-17)14(18)6-9-19-13-5-3-4-12(15)10-13/h3-5,10-11,17H,6-9H2,1-2H3. The van der Waals surface area contributed by atoms with E-state index in [2.05, 4.69) is 0 Å². The molecule has 0 aliphatic rings. The SMILES string of the molecule is CC(C)N(CCO)C(=O)CCOc1cccc(Cl)c1. The lowest BCUT2D eigenvalue weighted by Gasteiger charge is -2.25. The highest BCUT2D eigenvalue weighted by Gasteiger charge is 2.15. The lowest BCUT2D eigenvalue weighted by molar-refractivity contribution is -0.133. The summed E-state index contributed by atoms with van der Waals surface area (Å²) >= 11 is 5.84. The average Bonchev–Trinajstić information content (AvgIpc) is 2.35. The largest absolute Gasteiger partial charge is 0.493 e. The Labute approximate surface area is 118 Å². The molecule has 0 fully saturated rings. The van der Waals surface area contributed by atoms with Gasteiger partial charge in [-0.05, 0) is 32.0 Å². The molecule has 106 valence electrons. The van der Waals surface area contributed by atoms with Crippen LogP contribution < -0.4 is 4.74 Å². The van der Waals surface area contributed by atoms with Crippen molar-refractivity contribution in [2.45, 2.75) is 26.3 Å². The van der Waals surface area contributed by atoms with E-state index in [1.54, 1.807) is 29.2 Å². The van der Waals surface area contributed by atoms with Crippen LogP contribution in [-0.4, -0.2) is 41.7 Å². The molecule has 0 aliphatic heterocycles. The molecule has 19 heavy (non-hydrogen) atoms. The first-order chi connectivity index (χ1) is 9.04. The molecule has 0 heterocycles. The molecule has 1 amide bonds. The topological polar surface area (TPSA) is 49.8 Å². The molecule has 0 unspecified atom stereocenters. The number of rotatable bonds is 7. The zero-order chi connectivity index (χ0) is 14.3. The number of aliphatic hydroxyl groups is 1. The second-order valence-electron chi connectivity index (χ2n) is 4.46. The Balaban J connectivity index is 2.41. The summed E-state index contributed by atoms with van der Waals surface area (Å²) in [5.41, 5.74) is 0. The number of halogens is 1. The highest BCUT2D eigenvalue weighted by molar-refractivity contribution is 6.30. The third-order valence-corrected chi connectivity index (χ3v) is 2.90. The summed E-state index contributed by atoms with van der Waals surface area (Å²) in [5.74, 6) is 0.629. The third kappa shape index (κ3) is 5.49. The lowest BCUT2D eigenvalue weighted by Crippen LogP contribution is -2.39. The molecular formula is C14H20ClNO3. The van der Waals surface area contributed by atoms with Gasteiger partial charge in [0.05, 0.1) is 19.6 Å². The van der Waals surface area contributed by atoms with Gasteiger partial charge in [-0.15, -0.1) is 0 Å². The van der Waals surface area contributed by atoms with Crippen molar-refractivity contribution < 1.29 is 14.6 Å². The molecule has 0 radical (unpaired) electrons. The van der Waals surface area contributed by atoms with E-state index in [4.69, 9.17) is 21.4 Å². The van der Waals surface area contributed by atoms with Crippen molar-refractivity contribution >= 4 is 17.5 Å². The Morgan fingerprint density at radius 2 is 2.21 bits per heavy atom. The van der Waals surface area contributed by atoms with Crippen LogP contribution >= 0.6 is 11.6 Å². The van der Waals surface area contributed by atoms with Gasteiger partial charge in [0.2, 0.25) is 5.91 Å². The fraction of sp³-hybridized carbons (Fsp3) is 0.500. The molecule has 1 rings (SSSR count). The smallest absolute Gasteiger partial charge is 0.226 e. The van der Waals surface area contributed by atoms with Gasteiger partial charge in [0.25, 0.3) is 0 Å². The first-order valence-electron chi connectivity index (χ1n) is 6.33. The summed E-state index contributed by atoms with van der Waals surface area (Å²) < 4.78 is 5.47. The van der Waals surface area contributed by atoms with Gasteiger partial charge >= 0.3 is 0 Å². The van der Waals surface area contributed by atoms with Crippen LogP contribution in [0.5, 0.6) is 5.75 Å². The summed E-state index contributed by atoms with van der Waals surface area (Å²) in [6.07, 6.45) is 0.282. The number of aliphatic hydroxyl groups excluding tert-OH is 1. The summed E-state index contributed by atoms with van der Waals surface area (Å²) in [6.45, 7) is 4.47. The van der Waals surface area contributed by atoms with Crippen molar-refractivity contribution in [3.05, 3.63) is 29.3 Å². The summed E-state index contributed by atoms with van der Waals surface area (Å²) in [7, 11) is 0. The van der Waals surface area contributed by atoms with Crippen LogP contribution in [0.3, 0.4) is 0 Å². The lowest BCUT2D eigenvalue weighted by atomic mass is 10.2. The maximum absolute atomic E-state index is 11.9. The molecule has 1 aromatic rings. The fourth-order valence-corrected chi connectivity index (χ4v) is 1.92. The van der Waals surface area contributed by atoms with Gasteiger partial charge in [-0.2, -0.15) is 0 Å². The van der Waals surface area contributed by atoms with Gasteiger partial charge in [0.1, 0.15) is 5.75 Å². The Bertz CT molecular complexity index is 409. The highest BCUT2D eigenvalue weighted by Crippen LogP contribution is 2.17. The van der Waals surface area contributed by atoms with Crippen molar-refractivity contribution in [3.63, 3.8) is 0 Å². The van der Waals surface area contributed by atoms with Gasteiger partial charge in [-0.1, -0.05) is 17.7 Å². The van der Waals surface area contributed by atoms with Crippen LogP contribution in [0.1, 0.15) is 20.3 Å². The van der Waals surface area contributed by atoms with Crippen LogP contribution in [0.25, 0.3) is 0 Å². The van der Waals surface area contributed by atoms with Gasteiger partial charge < -0.3 is 14.7 Å². The Morgan fingerprint density at radius 1 is 1.47 bits per heavy atom. The van der Waals surface area contributed by atoms with Crippen molar-refractivity contribution in [1.29, 1.82) is 0 Å². The van der Waals surface area contributed by atoms with Crippen LogP contribution in [0.2, 0.25) is 5.02 Å². The van der Waals surface area contributed by atoms with Gasteiger partial charge in [-0.25, -0.2) is 0 Å². The van der Waals surface area contributed by atoms with E-state index in [1.807, 2.05) is 13.8 Å². The number of amides is 1. The Morgan fingerprint density at radius 3 is 2.79 bits per heavy atom. The molecular weight excluding hydrogens is 266 g/mol. The minimum absolute atomic E-state index is 0.0221. The number of carbonyl (C=O) groups is 1. The molecule has 0 atom stereocenters. The van der Waals surface area contributed by atoms with Crippen LogP contribution in [0, 0.1) is 0 Å². The summed E-state index contributed by atoms with van der Waals surface area (Å²) in [4.78, 5) is 13.6. The van der Waals surface area contributed by atoms with E-state index in [0.717, 1.165) is 0 Å². The minimum Gasteiger partial charge on any atom is -0.493 e. The molecule has 0 aromatic heterocycles. The van der Waals surface area contributed by atoms with Crippen LogP contribution in [-0.2, 0) is 4.79 Å². The molecule has 0 bridgehead atoms. The van der Waals surface area contributed by atoms with E-state index < -0.39 is 0 Å². The fourth-order valence-electron chi connectivity index (χ4n) is 1.74. The first kappa shape index (κ1) is 15.8. The zero-order valence-electron chi connectivity index (χ0n) is 11.3. The van der Waals surface area contributed by atoms with Crippen LogP contribution in [0.4, 0.5) is 0 Å². The van der Waals surface area contributed by atoms with Gasteiger partial charge in [-0.3, -0.25) is 4.79 Å². The Hall–Kier alpha value is -1.26. The molecule has 0 saturated carbocycles. The number of ether oxygens (including phenoxy) is 1. The van der Waals surface area contributed by atoms with E-state index in [-0.39, 0.29) is 25.0 Å². The number of hydrogen-bond donors (Lipinski definition) is 1. The number of carbonyl (C=O) groups excluding carboxylic acids is 1. The molecule has 0 spiro atoms. The predicted octanol–water partition coefficient (Wildman–Crippen LogP) is 2.34. The number of benzene rings is 1. The monoisotopic (exact) mass is 285 g/mol. The highest BCUT2D eigenvalue weighted by atomic mass is 35.5. The molecule has 5 heteroatoms. The maximum atomic E-state index is 11.9. The summed E-state index contributed by atoms with van der Waals surface area (Å²) in [5, 5.41) is 9.53. The van der Waals surface area contributed by atoms with Crippen molar-refractivity contribution in [1.82, 2.24) is 4.90 Å². The quantitative estimate of drug-likeness (QED) is 0.836. The van der Waals surface area contributed by atoms with E-state index >= 15 is 0 Å². The molecule has 1 aromatic carbocycles. The van der Waals surface area contributed by atoms with Crippen molar-refractivity contribution in [2.24, 2.45) is 0 Å². The van der Waals surface area contributed by atoms with Crippen LogP contribution in [0.15, 0.2) is 24.3 Å². The predicted molar refractivity (Wildman–Crippen MR) is 75.5 cm³/mol. The molecule has 0 saturated heterocycles. The average molecular weight is 286 g/mol. The second kappa shape index (κ2) is 8.02. The number of nitrogens with zero attached hydrogens (tertiary/aromatic N) is 1. The van der Waals surface area contributed by atoms with Crippen molar-refractivity contribution in [2.75, 3.05) is 19.8 Å². The van der Waals surface area contributed by atoms with E-state index in [0.29, 0.717) is 23.9 Å². The first-order valence-corrected chi connectivity index (χ1v) is 6.71.